The molecule has 3 atom stereocenters. The van der Waals surface area contributed by atoms with E-state index in [4.69, 9.17) is 16.3 Å². The zero-order valence-corrected chi connectivity index (χ0v) is 16.3. The van der Waals surface area contributed by atoms with Crippen LogP contribution in [-0.4, -0.2) is 0 Å². The molecule has 1 N–H and O–H groups in total. The van der Waals surface area contributed by atoms with Crippen LogP contribution in [0.25, 0.3) is 0 Å². The molecular weight excluding hydrogens is 366 g/mol. The number of benzene rings is 3. The first-order valence-electron chi connectivity index (χ1n) is 9.77. The molecule has 2 aliphatic rings. The lowest BCUT2D eigenvalue weighted by molar-refractivity contribution is 0.306. The Morgan fingerprint density at radius 1 is 0.929 bits per heavy atom. The lowest BCUT2D eigenvalue weighted by Gasteiger charge is -2.37. The predicted molar refractivity (Wildman–Crippen MR) is 115 cm³/mol. The van der Waals surface area contributed by atoms with Gasteiger partial charge in [-0.2, -0.15) is 0 Å². The van der Waals surface area contributed by atoms with E-state index in [0.29, 0.717) is 24.5 Å². The van der Waals surface area contributed by atoms with Crippen LogP contribution < -0.4 is 10.1 Å². The molecule has 28 heavy (non-hydrogen) atoms. The van der Waals surface area contributed by atoms with Crippen LogP contribution in [0.1, 0.15) is 35.1 Å². The topological polar surface area (TPSA) is 21.3 Å². The number of hydrogen-bond acceptors (Lipinski definition) is 2. The minimum atomic E-state index is 0.320. The maximum atomic E-state index is 5.94. The second-order valence-electron chi connectivity index (χ2n) is 7.55. The van der Waals surface area contributed by atoms with Gasteiger partial charge in [-0.3, -0.25) is 0 Å². The van der Waals surface area contributed by atoms with Crippen molar-refractivity contribution >= 4 is 17.3 Å². The average molecular weight is 388 g/mol. The smallest absolute Gasteiger partial charge is 0.119 e. The second kappa shape index (κ2) is 7.37. The third-order valence-corrected chi connectivity index (χ3v) is 6.08. The van der Waals surface area contributed by atoms with Crippen molar-refractivity contribution in [1.82, 2.24) is 0 Å². The normalized spacial score (nSPS) is 22.2. The molecule has 5 rings (SSSR count). The van der Waals surface area contributed by atoms with Gasteiger partial charge in [-0.05, 0) is 59.4 Å². The van der Waals surface area contributed by atoms with Gasteiger partial charge in [0.1, 0.15) is 12.4 Å². The molecule has 1 aliphatic carbocycles. The molecule has 140 valence electrons. The van der Waals surface area contributed by atoms with Crippen molar-refractivity contribution in [2.75, 3.05) is 5.32 Å². The third-order valence-electron chi connectivity index (χ3n) is 5.83. The summed E-state index contributed by atoms with van der Waals surface area (Å²) in [6, 6.07) is 25.3. The van der Waals surface area contributed by atoms with Gasteiger partial charge in [0.2, 0.25) is 0 Å². The van der Waals surface area contributed by atoms with E-state index in [1.54, 1.807) is 0 Å². The third kappa shape index (κ3) is 3.29. The van der Waals surface area contributed by atoms with Gasteiger partial charge in [0, 0.05) is 16.6 Å². The fourth-order valence-corrected chi connectivity index (χ4v) is 4.52. The summed E-state index contributed by atoms with van der Waals surface area (Å²) in [4.78, 5) is 0. The summed E-state index contributed by atoms with van der Waals surface area (Å²) in [6.45, 7) is 0.542. The highest BCUT2D eigenvalue weighted by atomic mass is 35.5. The van der Waals surface area contributed by atoms with Crippen LogP contribution in [0.2, 0.25) is 5.02 Å². The van der Waals surface area contributed by atoms with Gasteiger partial charge in [-0.15, -0.1) is 0 Å². The van der Waals surface area contributed by atoms with Crippen LogP contribution in [-0.2, 0) is 6.61 Å². The van der Waals surface area contributed by atoms with Crippen LogP contribution in [0.3, 0.4) is 0 Å². The molecule has 0 bridgehead atoms. The van der Waals surface area contributed by atoms with Gasteiger partial charge < -0.3 is 10.1 Å². The van der Waals surface area contributed by atoms with Crippen LogP contribution in [0.15, 0.2) is 84.9 Å². The largest absolute Gasteiger partial charge is 0.489 e. The summed E-state index contributed by atoms with van der Waals surface area (Å²) >= 11 is 5.94. The quantitative estimate of drug-likeness (QED) is 0.500. The Kier molecular flexibility index (Phi) is 4.58. The number of anilines is 1. The SMILES string of the molecule is Clc1ccc(COc2ccc([C@@H]3Nc4ccccc4[C@@H]4C=CC[C@@H]43)cc2)cc1. The van der Waals surface area contributed by atoms with Crippen molar-refractivity contribution < 1.29 is 4.74 Å². The molecule has 1 heterocycles. The Morgan fingerprint density at radius 3 is 2.54 bits per heavy atom. The molecular formula is C25H22ClNO. The van der Waals surface area contributed by atoms with E-state index < -0.39 is 0 Å². The summed E-state index contributed by atoms with van der Waals surface area (Å²) < 4.78 is 5.94. The van der Waals surface area contributed by atoms with Crippen LogP contribution in [0, 0.1) is 5.92 Å². The Hall–Kier alpha value is -2.71. The molecule has 0 spiro atoms. The van der Waals surface area contributed by atoms with Crippen molar-refractivity contribution in [3.63, 3.8) is 0 Å². The highest BCUT2D eigenvalue weighted by Crippen LogP contribution is 2.49. The first-order chi connectivity index (χ1) is 13.8. The number of fused-ring (bicyclic) bond motifs is 3. The lowest BCUT2D eigenvalue weighted by Crippen LogP contribution is -2.28. The highest BCUT2D eigenvalue weighted by molar-refractivity contribution is 6.30. The summed E-state index contributed by atoms with van der Waals surface area (Å²) in [6.07, 6.45) is 5.82. The van der Waals surface area contributed by atoms with Crippen molar-refractivity contribution in [1.29, 1.82) is 0 Å². The van der Waals surface area contributed by atoms with Gasteiger partial charge in [0.05, 0.1) is 6.04 Å². The van der Waals surface area contributed by atoms with Gasteiger partial charge in [-0.25, -0.2) is 0 Å². The van der Waals surface area contributed by atoms with E-state index in [1.807, 2.05) is 24.3 Å². The van der Waals surface area contributed by atoms with Crippen LogP contribution in [0.4, 0.5) is 5.69 Å². The Morgan fingerprint density at radius 2 is 1.71 bits per heavy atom. The lowest BCUT2D eigenvalue weighted by atomic mass is 9.77. The van der Waals surface area contributed by atoms with Gasteiger partial charge >= 0.3 is 0 Å². The second-order valence-corrected chi connectivity index (χ2v) is 7.98. The first kappa shape index (κ1) is 17.4. The van der Waals surface area contributed by atoms with E-state index in [2.05, 4.69) is 66.0 Å². The van der Waals surface area contributed by atoms with Gasteiger partial charge in [0.15, 0.2) is 0 Å². The molecule has 3 aromatic carbocycles. The number of allylic oxidation sites excluding steroid dienone is 2. The monoisotopic (exact) mass is 387 g/mol. The highest BCUT2D eigenvalue weighted by Gasteiger charge is 2.37. The Bertz CT molecular complexity index is 994. The van der Waals surface area contributed by atoms with Crippen molar-refractivity contribution in [3.05, 3.63) is 107 Å². The van der Waals surface area contributed by atoms with Crippen LogP contribution >= 0.6 is 11.6 Å². The maximum absolute atomic E-state index is 5.94. The van der Waals surface area contributed by atoms with Crippen LogP contribution in [0.5, 0.6) is 5.75 Å². The minimum absolute atomic E-state index is 0.320. The molecule has 0 radical (unpaired) electrons. The molecule has 3 heteroatoms. The predicted octanol–water partition coefficient (Wildman–Crippen LogP) is 6.75. The number of nitrogens with one attached hydrogen (secondary N) is 1. The molecule has 3 aromatic rings. The zero-order valence-electron chi connectivity index (χ0n) is 15.5. The van der Waals surface area contributed by atoms with Gasteiger partial charge in [-0.1, -0.05) is 66.2 Å². The number of halogens is 1. The minimum Gasteiger partial charge on any atom is -0.489 e. The Labute approximate surface area is 170 Å². The number of hydrogen-bond donors (Lipinski definition) is 1. The Balaban J connectivity index is 1.32. The van der Waals surface area contributed by atoms with E-state index >= 15 is 0 Å². The van der Waals surface area contributed by atoms with E-state index in [1.165, 1.54) is 16.8 Å². The number of rotatable bonds is 4. The average Bonchev–Trinajstić information content (AvgIpc) is 3.23. The number of para-hydroxylation sites is 1. The molecule has 0 fully saturated rings. The molecule has 0 saturated heterocycles. The van der Waals surface area contributed by atoms with E-state index in [-0.39, 0.29) is 0 Å². The van der Waals surface area contributed by atoms with Crippen molar-refractivity contribution in [2.45, 2.75) is 25.0 Å². The summed E-state index contributed by atoms with van der Waals surface area (Å²) in [7, 11) is 0. The zero-order chi connectivity index (χ0) is 18.9. The first-order valence-corrected chi connectivity index (χ1v) is 10.1. The van der Waals surface area contributed by atoms with E-state index in [0.717, 1.165) is 22.8 Å². The van der Waals surface area contributed by atoms with Crippen molar-refractivity contribution in [3.8, 4) is 5.75 Å². The van der Waals surface area contributed by atoms with E-state index in [9.17, 15) is 0 Å². The summed E-state index contributed by atoms with van der Waals surface area (Å²) in [5.41, 5.74) is 5.09. The molecule has 0 saturated carbocycles. The van der Waals surface area contributed by atoms with Gasteiger partial charge in [0.25, 0.3) is 0 Å². The standard InChI is InChI=1S/C25H22ClNO/c26-19-12-8-17(9-13-19)16-28-20-14-10-18(11-15-20)25-23-6-3-5-21(23)22-4-1-2-7-24(22)27-25/h1-5,7-15,21,23,25,27H,6,16H2/t21-,23-,25-/m0/s1. The molecule has 1 aliphatic heterocycles. The molecule has 0 aromatic heterocycles. The maximum Gasteiger partial charge on any atom is 0.119 e. The molecule has 0 unspecified atom stereocenters. The summed E-state index contributed by atoms with van der Waals surface area (Å²) in [5, 5.41) is 4.52. The molecule has 2 nitrogen and oxygen atoms in total. The fourth-order valence-electron chi connectivity index (χ4n) is 4.39. The fraction of sp³-hybridized carbons (Fsp3) is 0.200. The van der Waals surface area contributed by atoms with Crippen molar-refractivity contribution in [2.24, 2.45) is 5.92 Å². The molecule has 0 amide bonds. The summed E-state index contributed by atoms with van der Waals surface area (Å²) in [5.74, 6) is 1.95. The number of ether oxygens (including phenoxy) is 1.